The van der Waals surface area contributed by atoms with Gasteiger partial charge in [0.25, 0.3) is 5.89 Å². The fourth-order valence-corrected chi connectivity index (χ4v) is 3.11. The minimum absolute atomic E-state index is 0.138. The monoisotopic (exact) mass is 405 g/mol. The molecule has 0 bridgehead atoms. The van der Waals surface area contributed by atoms with Crippen molar-refractivity contribution in [2.24, 2.45) is 7.05 Å². The summed E-state index contributed by atoms with van der Waals surface area (Å²) in [5.41, 5.74) is 4.64. The molecule has 0 saturated heterocycles. The number of nitrogens with zero attached hydrogens (tertiary/aromatic N) is 6. The quantitative estimate of drug-likeness (QED) is 0.507. The van der Waals surface area contributed by atoms with Crippen molar-refractivity contribution in [3.8, 4) is 11.6 Å². The summed E-state index contributed by atoms with van der Waals surface area (Å²) in [6, 6.07) is 10.2. The molecule has 3 aromatic heterocycles. The summed E-state index contributed by atoms with van der Waals surface area (Å²) < 4.78 is 9.14. The molecule has 0 unspecified atom stereocenters. The Morgan fingerprint density at radius 2 is 1.97 bits per heavy atom. The van der Waals surface area contributed by atoms with E-state index in [9.17, 15) is 4.79 Å². The van der Waals surface area contributed by atoms with Gasteiger partial charge in [-0.1, -0.05) is 29.8 Å². The third-order valence-electron chi connectivity index (χ3n) is 4.64. The van der Waals surface area contributed by atoms with E-state index in [-0.39, 0.29) is 12.3 Å². The second-order valence-corrected chi connectivity index (χ2v) is 7.26. The van der Waals surface area contributed by atoms with Gasteiger partial charge in [-0.15, -0.1) is 10.2 Å². The molecule has 4 rings (SSSR count). The van der Waals surface area contributed by atoms with Crippen LogP contribution >= 0.6 is 0 Å². The lowest BCUT2D eigenvalue weighted by Gasteiger charge is -2.03. The van der Waals surface area contributed by atoms with Gasteiger partial charge in [0.2, 0.25) is 11.8 Å². The van der Waals surface area contributed by atoms with Crippen LogP contribution in [0, 0.1) is 13.8 Å². The van der Waals surface area contributed by atoms with Gasteiger partial charge in [-0.25, -0.2) is 0 Å². The van der Waals surface area contributed by atoms with E-state index in [1.165, 1.54) is 5.56 Å². The number of carbonyl (C=O) groups is 1. The zero-order chi connectivity index (χ0) is 21.1. The normalized spacial score (nSPS) is 11.0. The first-order valence-corrected chi connectivity index (χ1v) is 9.67. The summed E-state index contributed by atoms with van der Waals surface area (Å²) in [5, 5.41) is 19.5. The minimum Gasteiger partial charge on any atom is -0.419 e. The van der Waals surface area contributed by atoms with Gasteiger partial charge >= 0.3 is 0 Å². The van der Waals surface area contributed by atoms with E-state index < -0.39 is 0 Å². The summed E-state index contributed by atoms with van der Waals surface area (Å²) in [5.74, 6) is 0.668. The predicted octanol–water partition coefficient (Wildman–Crippen LogP) is 2.90. The molecule has 1 amide bonds. The van der Waals surface area contributed by atoms with E-state index in [2.05, 4.69) is 56.9 Å². The van der Waals surface area contributed by atoms with Crippen molar-refractivity contribution in [1.82, 2.24) is 29.8 Å². The van der Waals surface area contributed by atoms with Crippen LogP contribution in [0.2, 0.25) is 0 Å². The first kappa shape index (κ1) is 19.6. The van der Waals surface area contributed by atoms with E-state index in [4.69, 9.17) is 4.42 Å². The second-order valence-electron chi connectivity index (χ2n) is 7.26. The highest BCUT2D eigenvalue weighted by Gasteiger charge is 2.14. The lowest BCUT2D eigenvalue weighted by atomic mass is 10.1. The molecule has 1 aromatic carbocycles. The number of carbonyl (C=O) groups excluding carboxylic acids is 1. The van der Waals surface area contributed by atoms with Crippen molar-refractivity contribution in [2.75, 3.05) is 5.32 Å². The molecule has 30 heavy (non-hydrogen) atoms. The predicted molar refractivity (Wildman–Crippen MR) is 111 cm³/mol. The highest BCUT2D eigenvalue weighted by atomic mass is 16.4. The van der Waals surface area contributed by atoms with Crippen LogP contribution in [0.4, 0.5) is 5.69 Å². The Kier molecular flexibility index (Phi) is 5.42. The first-order valence-electron chi connectivity index (χ1n) is 9.67. The summed E-state index contributed by atoms with van der Waals surface area (Å²) in [6.07, 6.45) is 4.04. The average Bonchev–Trinajstić information content (AvgIpc) is 3.42. The van der Waals surface area contributed by atoms with E-state index in [0.29, 0.717) is 30.4 Å². The highest BCUT2D eigenvalue weighted by molar-refractivity contribution is 5.90. The number of nitrogens with one attached hydrogen (secondary N) is 1. The number of aromatic nitrogens is 6. The number of rotatable bonds is 7. The van der Waals surface area contributed by atoms with Crippen molar-refractivity contribution in [3.05, 3.63) is 65.4 Å². The maximum Gasteiger partial charge on any atom is 0.265 e. The smallest absolute Gasteiger partial charge is 0.265 e. The number of hydrogen-bond donors (Lipinski definition) is 1. The van der Waals surface area contributed by atoms with Gasteiger partial charge in [-0.3, -0.25) is 14.2 Å². The zero-order valence-corrected chi connectivity index (χ0v) is 17.2. The first-order chi connectivity index (χ1) is 14.5. The van der Waals surface area contributed by atoms with Gasteiger partial charge < -0.3 is 9.73 Å². The van der Waals surface area contributed by atoms with Crippen LogP contribution in [-0.4, -0.2) is 35.7 Å². The Hall–Kier alpha value is -3.75. The van der Waals surface area contributed by atoms with E-state index in [0.717, 1.165) is 17.0 Å². The number of aryl methyl sites for hydroxylation is 4. The van der Waals surface area contributed by atoms with Crippen LogP contribution in [0.5, 0.6) is 0 Å². The highest BCUT2D eigenvalue weighted by Crippen LogP contribution is 2.19. The number of anilines is 1. The van der Waals surface area contributed by atoms with Crippen molar-refractivity contribution in [2.45, 2.75) is 33.2 Å². The van der Waals surface area contributed by atoms with Crippen LogP contribution in [0.15, 0.2) is 47.1 Å². The molecule has 0 radical (unpaired) electrons. The molecular weight excluding hydrogens is 382 g/mol. The number of hydrogen-bond acceptors (Lipinski definition) is 6. The van der Waals surface area contributed by atoms with Gasteiger partial charge in [0, 0.05) is 26.1 Å². The standard InChI is InChI=1S/C21H23N7O2/c1-14-4-6-16(7-5-14)12-28-13-17(11-22-28)23-19(29)8-9-20-24-25-21(30-20)18-10-15(2)26-27(18)3/h4-7,10-11,13H,8-9,12H2,1-3H3,(H,23,29). The molecule has 0 fully saturated rings. The molecule has 3 heterocycles. The maximum atomic E-state index is 12.3. The Labute approximate surface area is 173 Å². The SMILES string of the molecule is Cc1ccc(Cn2cc(NC(=O)CCc3nnc(-c4cc(C)nn4C)o3)cn2)cc1. The molecule has 9 nitrogen and oxygen atoms in total. The van der Waals surface area contributed by atoms with Crippen LogP contribution < -0.4 is 5.32 Å². The number of amides is 1. The van der Waals surface area contributed by atoms with E-state index in [1.807, 2.05) is 26.2 Å². The third kappa shape index (κ3) is 4.62. The largest absolute Gasteiger partial charge is 0.419 e. The molecule has 4 aromatic rings. The molecule has 9 heteroatoms. The maximum absolute atomic E-state index is 12.3. The Balaban J connectivity index is 1.30. The molecular formula is C21H23N7O2. The lowest BCUT2D eigenvalue weighted by molar-refractivity contribution is -0.116. The fraction of sp³-hybridized carbons (Fsp3) is 0.286. The van der Waals surface area contributed by atoms with Crippen molar-refractivity contribution < 1.29 is 9.21 Å². The third-order valence-corrected chi connectivity index (χ3v) is 4.64. The summed E-state index contributed by atoms with van der Waals surface area (Å²) in [7, 11) is 1.82. The Bertz CT molecular complexity index is 1150. The molecule has 1 N–H and O–H groups in total. The van der Waals surface area contributed by atoms with Gasteiger partial charge in [0.05, 0.1) is 24.1 Å². The minimum atomic E-state index is -0.138. The van der Waals surface area contributed by atoms with Gasteiger partial charge in [0.15, 0.2) is 0 Å². The topological polar surface area (TPSA) is 104 Å². The number of benzene rings is 1. The summed E-state index contributed by atoms with van der Waals surface area (Å²) in [4.78, 5) is 12.3. The van der Waals surface area contributed by atoms with Gasteiger partial charge in [0.1, 0.15) is 5.69 Å². The van der Waals surface area contributed by atoms with E-state index in [1.54, 1.807) is 15.6 Å². The van der Waals surface area contributed by atoms with Crippen LogP contribution in [0.1, 0.15) is 29.1 Å². The molecule has 0 spiro atoms. The molecule has 154 valence electrons. The molecule has 0 atom stereocenters. The van der Waals surface area contributed by atoms with Gasteiger partial charge in [-0.05, 0) is 25.5 Å². The molecule has 0 saturated carbocycles. The van der Waals surface area contributed by atoms with Crippen molar-refractivity contribution >= 4 is 11.6 Å². The Morgan fingerprint density at radius 1 is 1.17 bits per heavy atom. The van der Waals surface area contributed by atoms with E-state index >= 15 is 0 Å². The summed E-state index contributed by atoms with van der Waals surface area (Å²) >= 11 is 0. The van der Waals surface area contributed by atoms with Crippen LogP contribution in [-0.2, 0) is 24.8 Å². The average molecular weight is 405 g/mol. The summed E-state index contributed by atoms with van der Waals surface area (Å²) in [6.45, 7) is 4.60. The Morgan fingerprint density at radius 3 is 2.70 bits per heavy atom. The zero-order valence-electron chi connectivity index (χ0n) is 17.2. The lowest BCUT2D eigenvalue weighted by Crippen LogP contribution is -2.12. The van der Waals surface area contributed by atoms with Crippen molar-refractivity contribution in [1.29, 1.82) is 0 Å². The van der Waals surface area contributed by atoms with Crippen LogP contribution in [0.25, 0.3) is 11.6 Å². The van der Waals surface area contributed by atoms with Crippen LogP contribution in [0.3, 0.4) is 0 Å². The second kappa shape index (κ2) is 8.32. The fourth-order valence-electron chi connectivity index (χ4n) is 3.11. The van der Waals surface area contributed by atoms with Crippen molar-refractivity contribution in [3.63, 3.8) is 0 Å². The van der Waals surface area contributed by atoms with Gasteiger partial charge in [-0.2, -0.15) is 10.2 Å². The molecule has 0 aliphatic carbocycles. The molecule has 0 aliphatic rings. The molecule has 0 aliphatic heterocycles.